The van der Waals surface area contributed by atoms with Gasteiger partial charge in [0.05, 0.1) is 6.21 Å². The summed E-state index contributed by atoms with van der Waals surface area (Å²) in [6.45, 7) is 1.93. The standard InChI is InChI=1S/C7H8N2O/c1-6-2-7(5-9-10)4-8-3-6/h2-5,10H,1H3. The molecule has 0 aromatic carbocycles. The third-order valence-corrected chi connectivity index (χ3v) is 1.10. The molecule has 1 N–H and O–H groups in total. The molecule has 3 heteroatoms. The Hall–Kier alpha value is -1.38. The average molecular weight is 136 g/mol. The Bertz CT molecular complexity index is 245. The number of hydrogen-bond acceptors (Lipinski definition) is 3. The third-order valence-electron chi connectivity index (χ3n) is 1.10. The van der Waals surface area contributed by atoms with Gasteiger partial charge in [-0.25, -0.2) is 0 Å². The van der Waals surface area contributed by atoms with Crippen molar-refractivity contribution in [3.05, 3.63) is 29.6 Å². The first-order chi connectivity index (χ1) is 4.83. The van der Waals surface area contributed by atoms with E-state index in [1.54, 1.807) is 12.4 Å². The van der Waals surface area contributed by atoms with Crippen molar-refractivity contribution in [2.45, 2.75) is 6.92 Å². The number of nitrogens with zero attached hydrogens (tertiary/aromatic N) is 2. The number of pyridine rings is 1. The molecule has 1 aromatic heterocycles. The maximum Gasteiger partial charge on any atom is 0.0749 e. The van der Waals surface area contributed by atoms with Crippen molar-refractivity contribution < 1.29 is 5.21 Å². The van der Waals surface area contributed by atoms with Crippen molar-refractivity contribution in [1.82, 2.24) is 4.98 Å². The van der Waals surface area contributed by atoms with Crippen LogP contribution in [0.5, 0.6) is 0 Å². The van der Waals surface area contributed by atoms with Crippen molar-refractivity contribution in [3.63, 3.8) is 0 Å². The summed E-state index contributed by atoms with van der Waals surface area (Å²) in [5.74, 6) is 0. The number of aromatic nitrogens is 1. The number of aryl methyl sites for hydroxylation is 1. The summed E-state index contributed by atoms with van der Waals surface area (Å²) in [6.07, 6.45) is 4.72. The molecule has 0 saturated carbocycles. The van der Waals surface area contributed by atoms with E-state index < -0.39 is 0 Å². The Morgan fingerprint density at radius 3 is 3.00 bits per heavy atom. The summed E-state index contributed by atoms with van der Waals surface area (Å²) < 4.78 is 0. The van der Waals surface area contributed by atoms with Gasteiger partial charge in [0.25, 0.3) is 0 Å². The number of rotatable bonds is 1. The molecule has 0 fully saturated rings. The first-order valence-electron chi connectivity index (χ1n) is 2.92. The van der Waals surface area contributed by atoms with E-state index in [2.05, 4.69) is 10.1 Å². The first kappa shape index (κ1) is 6.74. The molecule has 0 radical (unpaired) electrons. The fraction of sp³-hybridized carbons (Fsp3) is 0.143. The zero-order valence-electron chi connectivity index (χ0n) is 5.65. The van der Waals surface area contributed by atoms with Crippen LogP contribution >= 0.6 is 0 Å². The van der Waals surface area contributed by atoms with Gasteiger partial charge in [0.2, 0.25) is 0 Å². The second-order valence-electron chi connectivity index (χ2n) is 2.04. The minimum absolute atomic E-state index is 0.808. The van der Waals surface area contributed by atoms with Gasteiger partial charge in [-0.15, -0.1) is 0 Å². The van der Waals surface area contributed by atoms with Gasteiger partial charge in [0, 0.05) is 18.0 Å². The maximum absolute atomic E-state index is 8.15. The second kappa shape index (κ2) is 2.96. The quantitative estimate of drug-likeness (QED) is 0.358. The van der Waals surface area contributed by atoms with Gasteiger partial charge >= 0.3 is 0 Å². The smallest absolute Gasteiger partial charge is 0.0749 e. The molecule has 52 valence electrons. The van der Waals surface area contributed by atoms with Crippen LogP contribution in [0.25, 0.3) is 0 Å². The van der Waals surface area contributed by atoms with Gasteiger partial charge in [-0.2, -0.15) is 0 Å². The average Bonchev–Trinajstić information content (AvgIpc) is 1.88. The molecule has 0 aliphatic carbocycles. The van der Waals surface area contributed by atoms with E-state index in [4.69, 9.17) is 5.21 Å². The minimum atomic E-state index is 0.808. The Labute approximate surface area is 59.0 Å². The zero-order valence-corrected chi connectivity index (χ0v) is 5.65. The van der Waals surface area contributed by atoms with Crippen molar-refractivity contribution in [1.29, 1.82) is 0 Å². The predicted octanol–water partition coefficient (Wildman–Crippen LogP) is 1.20. The highest BCUT2D eigenvalue weighted by Gasteiger charge is 1.87. The van der Waals surface area contributed by atoms with Gasteiger partial charge in [-0.05, 0) is 18.6 Å². The van der Waals surface area contributed by atoms with E-state index in [0.717, 1.165) is 11.1 Å². The van der Waals surface area contributed by atoms with Crippen LogP contribution in [-0.4, -0.2) is 16.4 Å². The van der Waals surface area contributed by atoms with Crippen molar-refractivity contribution in [2.24, 2.45) is 5.16 Å². The summed E-state index contributed by atoms with van der Waals surface area (Å²) in [7, 11) is 0. The molecule has 0 aliphatic heterocycles. The lowest BCUT2D eigenvalue weighted by Gasteiger charge is -1.91. The lowest BCUT2D eigenvalue weighted by Crippen LogP contribution is -1.84. The van der Waals surface area contributed by atoms with Gasteiger partial charge < -0.3 is 5.21 Å². The summed E-state index contributed by atoms with van der Waals surface area (Å²) in [5.41, 5.74) is 1.86. The monoisotopic (exact) mass is 136 g/mol. The van der Waals surface area contributed by atoms with Gasteiger partial charge in [-0.3, -0.25) is 4.98 Å². The maximum atomic E-state index is 8.15. The molecule has 3 nitrogen and oxygen atoms in total. The lowest BCUT2D eigenvalue weighted by molar-refractivity contribution is 0.322. The molecule has 0 aliphatic rings. The summed E-state index contributed by atoms with van der Waals surface area (Å²) in [5, 5.41) is 11.0. The van der Waals surface area contributed by atoms with Crippen LogP contribution in [-0.2, 0) is 0 Å². The Kier molecular flexibility index (Phi) is 1.99. The molecule has 10 heavy (non-hydrogen) atoms. The van der Waals surface area contributed by atoms with Crippen LogP contribution in [0.3, 0.4) is 0 Å². The second-order valence-corrected chi connectivity index (χ2v) is 2.04. The summed E-state index contributed by atoms with van der Waals surface area (Å²) in [4.78, 5) is 3.90. The highest BCUT2D eigenvalue weighted by Crippen LogP contribution is 1.96. The molecule has 1 rings (SSSR count). The lowest BCUT2D eigenvalue weighted by atomic mass is 10.2. The van der Waals surface area contributed by atoms with Crippen LogP contribution in [0.2, 0.25) is 0 Å². The molecule has 0 amide bonds. The van der Waals surface area contributed by atoms with Crippen molar-refractivity contribution >= 4 is 6.21 Å². The molecule has 1 aromatic rings. The molecule has 0 bridgehead atoms. The Morgan fingerprint density at radius 2 is 2.40 bits per heavy atom. The first-order valence-corrected chi connectivity index (χ1v) is 2.92. The predicted molar refractivity (Wildman–Crippen MR) is 38.4 cm³/mol. The molecular weight excluding hydrogens is 128 g/mol. The van der Waals surface area contributed by atoms with Crippen LogP contribution in [0.1, 0.15) is 11.1 Å². The number of oxime groups is 1. The van der Waals surface area contributed by atoms with E-state index in [-0.39, 0.29) is 0 Å². The van der Waals surface area contributed by atoms with Crippen molar-refractivity contribution in [2.75, 3.05) is 0 Å². The van der Waals surface area contributed by atoms with E-state index >= 15 is 0 Å². The molecule has 1 heterocycles. The van der Waals surface area contributed by atoms with E-state index in [1.807, 2.05) is 13.0 Å². The topological polar surface area (TPSA) is 45.5 Å². The van der Waals surface area contributed by atoms with E-state index in [0.29, 0.717) is 0 Å². The van der Waals surface area contributed by atoms with E-state index in [9.17, 15) is 0 Å². The van der Waals surface area contributed by atoms with Gasteiger partial charge in [-0.1, -0.05) is 5.16 Å². The van der Waals surface area contributed by atoms with Crippen LogP contribution in [0.4, 0.5) is 0 Å². The molecule has 0 spiro atoms. The highest BCUT2D eigenvalue weighted by molar-refractivity contribution is 5.78. The highest BCUT2D eigenvalue weighted by atomic mass is 16.4. The third kappa shape index (κ3) is 1.55. The number of hydrogen-bond donors (Lipinski definition) is 1. The molecule has 0 unspecified atom stereocenters. The van der Waals surface area contributed by atoms with Crippen LogP contribution in [0, 0.1) is 6.92 Å². The van der Waals surface area contributed by atoms with Gasteiger partial charge in [0.15, 0.2) is 0 Å². The fourth-order valence-corrected chi connectivity index (χ4v) is 0.716. The molecular formula is C7H8N2O. The Balaban J connectivity index is 2.95. The van der Waals surface area contributed by atoms with E-state index in [1.165, 1.54) is 6.21 Å². The molecule has 0 atom stereocenters. The Morgan fingerprint density at radius 1 is 1.60 bits per heavy atom. The zero-order chi connectivity index (χ0) is 7.40. The van der Waals surface area contributed by atoms with Crippen LogP contribution < -0.4 is 0 Å². The largest absolute Gasteiger partial charge is 0.411 e. The SMILES string of the molecule is Cc1cncc(C=NO)c1. The van der Waals surface area contributed by atoms with Gasteiger partial charge in [0.1, 0.15) is 0 Å². The van der Waals surface area contributed by atoms with Crippen molar-refractivity contribution in [3.8, 4) is 0 Å². The fourth-order valence-electron chi connectivity index (χ4n) is 0.716. The normalized spacial score (nSPS) is 10.5. The van der Waals surface area contributed by atoms with Crippen LogP contribution in [0.15, 0.2) is 23.6 Å². The minimum Gasteiger partial charge on any atom is -0.411 e. The molecule has 0 saturated heterocycles. The summed E-state index contributed by atoms with van der Waals surface area (Å²) in [6, 6.07) is 1.88. The summed E-state index contributed by atoms with van der Waals surface area (Å²) >= 11 is 0.